The molecule has 0 aromatic carbocycles. The number of ether oxygens (including phenoxy) is 2. The molecule has 0 saturated carbocycles. The second-order valence-corrected chi connectivity index (χ2v) is 22.2. The molecule has 1 amide bonds. The first-order valence-electron chi connectivity index (χ1n) is 32.5. The average molecular weight is 1090 g/mol. The van der Waals surface area contributed by atoms with Crippen LogP contribution in [0.5, 0.6) is 0 Å². The molecule has 7 unspecified atom stereocenters. The Hall–Kier alpha value is -2.89. The molecule has 9 heteroatoms. The van der Waals surface area contributed by atoms with Crippen LogP contribution in [0, 0.1) is 0 Å². The molecule has 0 aromatic rings. The van der Waals surface area contributed by atoms with Gasteiger partial charge in [-0.1, -0.05) is 284 Å². The Bertz CT molecular complexity index is 1550. The predicted molar refractivity (Wildman–Crippen MR) is 331 cm³/mol. The quantitative estimate of drug-likeness (QED) is 0.0261. The lowest BCUT2D eigenvalue weighted by Gasteiger charge is -2.40. The third-order valence-electron chi connectivity index (χ3n) is 14.9. The summed E-state index contributed by atoms with van der Waals surface area (Å²) >= 11 is 0. The van der Waals surface area contributed by atoms with E-state index in [1.807, 2.05) is 6.08 Å². The summed E-state index contributed by atoms with van der Waals surface area (Å²) in [6.07, 6.45) is 76.5. The van der Waals surface area contributed by atoms with E-state index in [0.29, 0.717) is 6.42 Å². The molecule has 6 N–H and O–H groups in total. The molecule has 0 aliphatic carbocycles. The average Bonchev–Trinajstić information content (AvgIpc) is 3.45. The number of hydrogen-bond acceptors (Lipinski definition) is 8. The van der Waals surface area contributed by atoms with E-state index >= 15 is 0 Å². The largest absolute Gasteiger partial charge is 0.394 e. The molecule has 9 nitrogen and oxygen atoms in total. The highest BCUT2D eigenvalue weighted by molar-refractivity contribution is 5.76. The molecule has 0 radical (unpaired) electrons. The van der Waals surface area contributed by atoms with Crippen molar-refractivity contribution in [2.24, 2.45) is 0 Å². The van der Waals surface area contributed by atoms with Crippen molar-refractivity contribution in [3.05, 3.63) is 97.2 Å². The van der Waals surface area contributed by atoms with E-state index in [9.17, 15) is 30.3 Å². The summed E-state index contributed by atoms with van der Waals surface area (Å²) in [5.74, 6) is -0.186. The van der Waals surface area contributed by atoms with Crippen LogP contribution in [0.2, 0.25) is 0 Å². The lowest BCUT2D eigenvalue weighted by molar-refractivity contribution is -0.302. The number of carbonyl (C=O) groups excluding carboxylic acids is 1. The van der Waals surface area contributed by atoms with Gasteiger partial charge in [0.2, 0.25) is 5.91 Å². The summed E-state index contributed by atoms with van der Waals surface area (Å²) in [6, 6.07) is -0.824. The number of amides is 1. The zero-order valence-electron chi connectivity index (χ0n) is 50.1. The summed E-state index contributed by atoms with van der Waals surface area (Å²) in [7, 11) is 0. The van der Waals surface area contributed by atoms with Crippen LogP contribution in [-0.4, -0.2) is 87.5 Å². The van der Waals surface area contributed by atoms with Crippen molar-refractivity contribution in [2.45, 2.75) is 320 Å². The number of hydrogen-bond donors (Lipinski definition) is 6. The molecule has 7 atom stereocenters. The zero-order chi connectivity index (χ0) is 56.5. The maximum atomic E-state index is 13.1. The van der Waals surface area contributed by atoms with Gasteiger partial charge in [-0.15, -0.1) is 0 Å². The summed E-state index contributed by atoms with van der Waals surface area (Å²) in [4.78, 5) is 13.1. The topological polar surface area (TPSA) is 149 Å². The minimum absolute atomic E-state index is 0.186. The third-order valence-corrected chi connectivity index (χ3v) is 14.9. The molecular formula is C69H121NO8. The molecule has 1 aliphatic rings. The van der Waals surface area contributed by atoms with E-state index in [2.05, 4.69) is 104 Å². The molecular weight excluding hydrogens is 971 g/mol. The fourth-order valence-electron chi connectivity index (χ4n) is 9.83. The third kappa shape index (κ3) is 45.8. The molecule has 1 saturated heterocycles. The monoisotopic (exact) mass is 1090 g/mol. The molecule has 0 spiro atoms. The number of rotatable bonds is 55. The smallest absolute Gasteiger partial charge is 0.220 e. The first kappa shape index (κ1) is 73.1. The number of carbonyl (C=O) groups is 1. The van der Waals surface area contributed by atoms with Crippen molar-refractivity contribution in [3.8, 4) is 0 Å². The second kappa shape index (κ2) is 57.3. The molecule has 0 aromatic heterocycles. The Labute approximate surface area is 479 Å². The van der Waals surface area contributed by atoms with Crippen LogP contribution < -0.4 is 5.32 Å². The molecule has 1 aliphatic heterocycles. The molecule has 450 valence electrons. The maximum absolute atomic E-state index is 13.1. The highest BCUT2D eigenvalue weighted by atomic mass is 16.7. The van der Waals surface area contributed by atoms with Crippen LogP contribution >= 0.6 is 0 Å². The summed E-state index contributed by atoms with van der Waals surface area (Å²) < 4.78 is 11.3. The van der Waals surface area contributed by atoms with Gasteiger partial charge in [0, 0.05) is 6.42 Å². The Kier molecular flexibility index (Phi) is 53.8. The van der Waals surface area contributed by atoms with Gasteiger partial charge in [0.25, 0.3) is 0 Å². The van der Waals surface area contributed by atoms with Crippen LogP contribution in [0.1, 0.15) is 277 Å². The first-order chi connectivity index (χ1) is 38.3. The van der Waals surface area contributed by atoms with Gasteiger partial charge in [0.05, 0.1) is 25.4 Å². The number of unbranched alkanes of at least 4 members (excludes halogenated alkanes) is 31. The first-order valence-corrected chi connectivity index (χ1v) is 32.5. The van der Waals surface area contributed by atoms with Gasteiger partial charge in [0.15, 0.2) is 6.29 Å². The second-order valence-electron chi connectivity index (χ2n) is 22.2. The molecule has 1 heterocycles. The van der Waals surface area contributed by atoms with E-state index in [4.69, 9.17) is 9.47 Å². The predicted octanol–water partition coefficient (Wildman–Crippen LogP) is 17.1. The van der Waals surface area contributed by atoms with E-state index in [1.54, 1.807) is 6.08 Å². The van der Waals surface area contributed by atoms with Gasteiger partial charge >= 0.3 is 0 Å². The SMILES string of the molecule is CC/C=C\C/C=C\C/C=C\C/C=C\C/C=C\C/C=C\CCCCCCCCCCCCCCCCCCCCCCC(=O)NC(COC1OC(CO)C(O)C(O)C1O)C(O)/C=C/CC/C=C/CCCCCCCCCCCC. The number of aliphatic hydroxyl groups excluding tert-OH is 5. The Balaban J connectivity index is 2.09. The highest BCUT2D eigenvalue weighted by Gasteiger charge is 2.44. The van der Waals surface area contributed by atoms with Crippen molar-refractivity contribution in [3.63, 3.8) is 0 Å². The van der Waals surface area contributed by atoms with Crippen molar-refractivity contribution in [1.29, 1.82) is 0 Å². The normalized spacial score (nSPS) is 19.3. The number of allylic oxidation sites excluding steroid dienone is 15. The maximum Gasteiger partial charge on any atom is 0.220 e. The number of nitrogens with one attached hydrogen (secondary N) is 1. The van der Waals surface area contributed by atoms with E-state index < -0.39 is 49.5 Å². The Morgan fingerprint density at radius 1 is 0.449 bits per heavy atom. The Morgan fingerprint density at radius 3 is 1.23 bits per heavy atom. The summed E-state index contributed by atoms with van der Waals surface area (Å²) in [6.45, 7) is 3.66. The van der Waals surface area contributed by atoms with Crippen LogP contribution in [-0.2, 0) is 14.3 Å². The van der Waals surface area contributed by atoms with Gasteiger partial charge in [0.1, 0.15) is 24.4 Å². The fraction of sp³-hybridized carbons (Fsp3) is 0.754. The lowest BCUT2D eigenvalue weighted by Crippen LogP contribution is -2.60. The minimum atomic E-state index is -1.57. The van der Waals surface area contributed by atoms with Gasteiger partial charge in [-0.3, -0.25) is 4.79 Å². The zero-order valence-corrected chi connectivity index (χ0v) is 50.1. The Morgan fingerprint density at radius 2 is 0.808 bits per heavy atom. The van der Waals surface area contributed by atoms with Crippen LogP contribution in [0.3, 0.4) is 0 Å². The van der Waals surface area contributed by atoms with Crippen molar-refractivity contribution in [2.75, 3.05) is 13.2 Å². The highest BCUT2D eigenvalue weighted by Crippen LogP contribution is 2.23. The van der Waals surface area contributed by atoms with Crippen molar-refractivity contribution >= 4 is 5.91 Å². The van der Waals surface area contributed by atoms with Crippen LogP contribution in [0.25, 0.3) is 0 Å². The van der Waals surface area contributed by atoms with Crippen molar-refractivity contribution < 1.29 is 39.8 Å². The van der Waals surface area contributed by atoms with Crippen LogP contribution in [0.4, 0.5) is 0 Å². The van der Waals surface area contributed by atoms with E-state index in [0.717, 1.165) is 77.0 Å². The standard InChI is InChI=1S/C69H121NO8/c1-3-5-7-9-11-13-15-17-19-21-22-23-24-25-26-27-28-29-30-31-32-33-34-35-36-37-38-39-40-41-42-43-45-47-49-51-53-55-57-59-65(73)70-62(61-77-69-68(76)67(75)66(74)64(60-71)78-69)63(72)58-56-54-52-50-48-46-44-20-18-16-14-12-10-8-6-4-2/h5,7,11,13,17,19,22-23,25-26,28-29,48,50,56,58,62-64,66-69,71-72,74-76H,3-4,6,8-10,12,14-16,18,20-21,24,27,30-47,49,51-55,57,59-61H2,1-2H3,(H,70,73)/b7-5-,13-11-,19-17-,23-22-,26-25-,29-28-,50-48+,58-56+. The molecule has 1 rings (SSSR count). The van der Waals surface area contributed by atoms with Crippen molar-refractivity contribution in [1.82, 2.24) is 5.32 Å². The lowest BCUT2D eigenvalue weighted by atomic mass is 9.99. The molecule has 1 fully saturated rings. The van der Waals surface area contributed by atoms with Gasteiger partial charge in [-0.25, -0.2) is 0 Å². The minimum Gasteiger partial charge on any atom is -0.394 e. The van der Waals surface area contributed by atoms with Gasteiger partial charge in [-0.05, 0) is 83.5 Å². The number of aliphatic hydroxyl groups is 5. The van der Waals surface area contributed by atoms with Crippen LogP contribution in [0.15, 0.2) is 97.2 Å². The van der Waals surface area contributed by atoms with E-state index in [-0.39, 0.29) is 12.5 Å². The molecule has 0 bridgehead atoms. The van der Waals surface area contributed by atoms with Gasteiger partial charge in [-0.2, -0.15) is 0 Å². The fourth-order valence-corrected chi connectivity index (χ4v) is 9.83. The summed E-state index contributed by atoms with van der Waals surface area (Å²) in [5, 5.41) is 54.5. The molecule has 78 heavy (non-hydrogen) atoms. The summed E-state index contributed by atoms with van der Waals surface area (Å²) in [5.41, 5.74) is 0. The van der Waals surface area contributed by atoms with Gasteiger partial charge < -0.3 is 40.3 Å². The van der Waals surface area contributed by atoms with E-state index in [1.165, 1.54) is 180 Å².